The summed E-state index contributed by atoms with van der Waals surface area (Å²) in [5, 5.41) is 25.4. The molecule has 0 bridgehead atoms. The lowest BCUT2D eigenvalue weighted by atomic mass is 10.1. The van der Waals surface area contributed by atoms with E-state index in [1.165, 1.54) is 11.4 Å². The van der Waals surface area contributed by atoms with Crippen LogP contribution in [0.4, 0.5) is 11.4 Å². The summed E-state index contributed by atoms with van der Waals surface area (Å²) in [6.07, 6.45) is 20.3. The van der Waals surface area contributed by atoms with Crippen molar-refractivity contribution < 1.29 is 29.4 Å². The normalized spacial score (nSPS) is 15.9. The Kier molecular flexibility index (Phi) is 17.8. The molecule has 2 aliphatic heterocycles. The lowest BCUT2D eigenvalue weighted by Gasteiger charge is -2.31. The van der Waals surface area contributed by atoms with Gasteiger partial charge in [-0.15, -0.1) is 0 Å². The smallest absolute Gasteiger partial charge is 0.286 e. The summed E-state index contributed by atoms with van der Waals surface area (Å²) in [6, 6.07) is 20.9. The minimum absolute atomic E-state index is 0.0314. The van der Waals surface area contributed by atoms with E-state index in [2.05, 4.69) is 92.7 Å². The zero-order chi connectivity index (χ0) is 39.4. The topological polar surface area (TPSA) is 123 Å². The van der Waals surface area contributed by atoms with Gasteiger partial charge in [0.25, 0.3) is 11.8 Å². The number of benzene rings is 2. The van der Waals surface area contributed by atoms with Gasteiger partial charge in [-0.05, 0) is 72.2 Å². The number of amides is 2. The van der Waals surface area contributed by atoms with Crippen molar-refractivity contribution >= 4 is 69.2 Å². The zero-order valence-corrected chi connectivity index (χ0v) is 33.7. The molecule has 5 N–H and O–H groups in total. The number of nitrogens with one attached hydrogen (secondary N) is 3. The largest absolute Gasteiger partial charge is 0.393 e. The van der Waals surface area contributed by atoms with Crippen LogP contribution in [0.3, 0.4) is 0 Å². The quantitative estimate of drug-likeness (QED) is 0.0410. The van der Waals surface area contributed by atoms with Crippen LogP contribution in [0, 0.1) is 0 Å². The first-order valence-electron chi connectivity index (χ1n) is 19.4. The van der Waals surface area contributed by atoms with Crippen LogP contribution in [0.15, 0.2) is 103 Å². The number of pyridine rings is 1. The number of piperidine rings is 2. The molecule has 3 aromatic rings. The number of aromatic nitrogens is 1. The van der Waals surface area contributed by atoms with Gasteiger partial charge in [-0.2, -0.15) is 4.57 Å². The van der Waals surface area contributed by atoms with Gasteiger partial charge in [0, 0.05) is 80.4 Å². The summed E-state index contributed by atoms with van der Waals surface area (Å²) in [4.78, 5) is 32.3. The summed E-state index contributed by atoms with van der Waals surface area (Å²) >= 11 is 0. The number of nitrogens with zero attached hydrogens (tertiary/aromatic N) is 3. The summed E-state index contributed by atoms with van der Waals surface area (Å²) in [7, 11) is 3.34. The molecule has 296 valence electrons. The van der Waals surface area contributed by atoms with Crippen molar-refractivity contribution in [3.8, 4) is 0 Å². The van der Waals surface area contributed by atoms with Gasteiger partial charge >= 0.3 is 0 Å². The molecule has 0 atom stereocenters. The molecule has 10 nitrogen and oxygen atoms in total. The van der Waals surface area contributed by atoms with Crippen LogP contribution >= 0.6 is 21.6 Å². The third-order valence-corrected chi connectivity index (χ3v) is 12.0. The maximum atomic E-state index is 12.4. The number of aliphatic hydroxyl groups is 2. The molecule has 1 aromatic heterocycles. The molecule has 3 heterocycles. The highest BCUT2D eigenvalue weighted by atomic mass is 33.1. The minimum Gasteiger partial charge on any atom is -0.393 e. The second-order valence-electron chi connectivity index (χ2n) is 13.9. The molecule has 2 fully saturated rings. The molecule has 12 heteroatoms. The molecule has 0 radical (unpaired) electrons. The first-order chi connectivity index (χ1) is 27.3. The second kappa shape index (κ2) is 23.4. The Morgan fingerprint density at radius 3 is 1.73 bits per heavy atom. The number of carbonyl (C=O) groups is 2. The molecule has 0 unspecified atom stereocenters. The van der Waals surface area contributed by atoms with Gasteiger partial charge < -0.3 is 30.6 Å². The van der Waals surface area contributed by atoms with Crippen LogP contribution in [0.5, 0.6) is 0 Å². The third-order valence-electron chi connectivity index (χ3n) is 9.62. The molecular formula is C44H56N6O4S2+2. The highest BCUT2D eigenvalue weighted by molar-refractivity contribution is 8.76. The summed E-state index contributed by atoms with van der Waals surface area (Å²) in [5.41, 5.74) is 6.56. The van der Waals surface area contributed by atoms with Crippen molar-refractivity contribution in [1.82, 2.24) is 10.6 Å². The average Bonchev–Trinajstić information content (AvgIpc) is 3.22. The van der Waals surface area contributed by atoms with Crippen molar-refractivity contribution in [2.45, 2.75) is 44.4 Å². The Bertz CT molecular complexity index is 1800. The molecule has 5 rings (SSSR count). The number of carbonyl (C=O) groups excluding carboxylic acids is 2. The molecule has 56 heavy (non-hydrogen) atoms. The van der Waals surface area contributed by atoms with Gasteiger partial charge in [0.1, 0.15) is 0 Å². The number of hydrogen-bond donors (Lipinski definition) is 5. The molecule has 2 aliphatic rings. The average molecular weight is 797 g/mol. The lowest BCUT2D eigenvalue weighted by Crippen LogP contribution is -2.72. The summed E-state index contributed by atoms with van der Waals surface area (Å²) < 4.78 is 1.87. The molecule has 0 saturated carbocycles. The fourth-order valence-electron chi connectivity index (χ4n) is 6.28. The lowest BCUT2D eigenvalue weighted by molar-refractivity contribution is -0.684. The van der Waals surface area contributed by atoms with E-state index >= 15 is 0 Å². The minimum atomic E-state index is -0.178. The van der Waals surface area contributed by atoms with E-state index in [4.69, 9.17) is 0 Å². The predicted octanol–water partition coefficient (Wildman–Crippen LogP) is 3.66. The van der Waals surface area contributed by atoms with Crippen molar-refractivity contribution in [2.75, 3.05) is 67.1 Å². The van der Waals surface area contributed by atoms with Crippen LogP contribution in [-0.2, 0) is 16.1 Å². The Morgan fingerprint density at radius 1 is 0.732 bits per heavy atom. The molecule has 2 saturated heterocycles. The van der Waals surface area contributed by atoms with Gasteiger partial charge in [-0.1, -0.05) is 82.8 Å². The highest BCUT2D eigenvalue weighted by Crippen LogP contribution is 2.23. The number of hydrogen-bond acceptors (Lipinski definition) is 8. The van der Waals surface area contributed by atoms with Crippen molar-refractivity contribution in [1.29, 1.82) is 0 Å². The van der Waals surface area contributed by atoms with E-state index in [9.17, 15) is 19.8 Å². The third kappa shape index (κ3) is 15.1. The SMILES string of the molecule is C=CC(/C=C/c1ccc(N2CCC(O)CC2)cc1)=C\C=[NH+]CC(=O)NCCSSCCNC(=O)C[n+]1ccc(/C=C/c2ccc(N3CCC(O)CC3)cc2)cc1. The number of aliphatic hydroxyl groups excluding tert-OH is 2. The Hall–Kier alpha value is -4.62. The monoisotopic (exact) mass is 796 g/mol. The van der Waals surface area contributed by atoms with Crippen molar-refractivity contribution in [3.05, 3.63) is 120 Å². The van der Waals surface area contributed by atoms with Crippen molar-refractivity contribution in [3.63, 3.8) is 0 Å². The standard InChI is InChI=1S/C44H54N6O4S2/c1-2-35(3-4-36-7-11-39(12-8-36)49-27-18-41(51)19-28-49)15-22-45-33-43(53)46-23-31-55-56-32-24-47-44(54)34-48-25-16-38(17-26-48)6-5-37-9-13-40(14-10-37)50-29-20-42(52)21-30-50/h2-17,22,25-26,41-42,51-52H,1,18-21,23-24,27-34H2,(H-,46,47,53,54)/p+2/b4-3+,35-15+,45-22?. The molecule has 0 aliphatic carbocycles. The Morgan fingerprint density at radius 2 is 1.21 bits per heavy atom. The van der Waals surface area contributed by atoms with Crippen LogP contribution < -0.4 is 30.0 Å². The fourth-order valence-corrected chi connectivity index (χ4v) is 8.09. The van der Waals surface area contributed by atoms with E-state index in [0.29, 0.717) is 13.1 Å². The van der Waals surface area contributed by atoms with E-state index in [-0.39, 0.29) is 37.1 Å². The van der Waals surface area contributed by atoms with Gasteiger partial charge in [-0.3, -0.25) is 9.59 Å². The molecule has 0 spiro atoms. The van der Waals surface area contributed by atoms with E-state index in [1.54, 1.807) is 33.9 Å². The number of rotatable bonds is 19. The number of anilines is 2. The molecule has 2 amide bonds. The predicted molar refractivity (Wildman–Crippen MR) is 233 cm³/mol. The molecular weight excluding hydrogens is 741 g/mol. The maximum Gasteiger partial charge on any atom is 0.286 e. The van der Waals surface area contributed by atoms with Crippen LogP contribution in [-0.4, -0.2) is 97.8 Å². The van der Waals surface area contributed by atoms with E-state index in [0.717, 1.165) is 85.6 Å². The summed E-state index contributed by atoms with van der Waals surface area (Å²) in [6.45, 7) is 9.02. The van der Waals surface area contributed by atoms with Gasteiger partial charge in [0.2, 0.25) is 13.1 Å². The first kappa shape index (κ1) is 42.5. The second-order valence-corrected chi connectivity index (χ2v) is 16.6. The van der Waals surface area contributed by atoms with Gasteiger partial charge in [0.15, 0.2) is 18.6 Å². The Balaban J connectivity index is 0.879. The number of allylic oxidation sites excluding steroid dienone is 4. The molecule has 2 aromatic carbocycles. The van der Waals surface area contributed by atoms with Crippen LogP contribution in [0.1, 0.15) is 42.4 Å². The fraction of sp³-hybridized carbons (Fsp3) is 0.364. The zero-order valence-electron chi connectivity index (χ0n) is 32.1. The van der Waals surface area contributed by atoms with Crippen molar-refractivity contribution in [2.24, 2.45) is 0 Å². The van der Waals surface area contributed by atoms with Gasteiger partial charge in [0.05, 0.1) is 12.2 Å². The highest BCUT2D eigenvalue weighted by Gasteiger charge is 2.18. The van der Waals surface area contributed by atoms with E-state index < -0.39 is 0 Å². The van der Waals surface area contributed by atoms with E-state index in [1.807, 2.05) is 47.3 Å². The maximum absolute atomic E-state index is 12.4. The van der Waals surface area contributed by atoms with Gasteiger partial charge in [-0.25, -0.2) is 4.99 Å². The Labute approximate surface area is 339 Å². The summed E-state index contributed by atoms with van der Waals surface area (Å²) in [5.74, 6) is 1.44. The van der Waals surface area contributed by atoms with Crippen LogP contribution in [0.2, 0.25) is 0 Å². The van der Waals surface area contributed by atoms with Crippen LogP contribution in [0.25, 0.3) is 18.2 Å². The first-order valence-corrected chi connectivity index (χ1v) is 21.9.